The van der Waals surface area contributed by atoms with Crippen molar-refractivity contribution in [3.05, 3.63) is 138 Å². The lowest BCUT2D eigenvalue weighted by atomic mass is 9.83. The second-order valence-corrected chi connectivity index (χ2v) is 13.0. The van der Waals surface area contributed by atoms with E-state index in [1.165, 1.54) is 71.7 Å². The number of ether oxygens (including phenoxy) is 1. The zero-order chi connectivity index (χ0) is 30.1. The number of pyridine rings is 3. The lowest BCUT2D eigenvalue weighted by molar-refractivity contribution is -0.956. The van der Waals surface area contributed by atoms with Crippen LogP contribution >= 0.6 is 0 Å². The van der Waals surface area contributed by atoms with Gasteiger partial charge < -0.3 is 4.74 Å². The van der Waals surface area contributed by atoms with Crippen LogP contribution in [-0.4, -0.2) is 14.0 Å². The summed E-state index contributed by atoms with van der Waals surface area (Å²) in [5.74, 6) is 2.92. The molecule has 6 nitrogen and oxygen atoms in total. The van der Waals surface area contributed by atoms with Crippen LogP contribution in [0.15, 0.2) is 116 Å². The van der Waals surface area contributed by atoms with E-state index in [2.05, 4.69) is 140 Å². The molecule has 1 spiro atoms. The SMILES string of the molecule is Cc1cccc(C)c1-c1c[n+]2c3c4c5c(ccc4c4cnccc4n13)Oc1ccc3c4ccccc4n4c3c1C52[n+]1ccccc1-4. The molecule has 214 valence electrons. The van der Waals surface area contributed by atoms with Gasteiger partial charge in [-0.25, -0.2) is 0 Å². The van der Waals surface area contributed by atoms with Gasteiger partial charge in [-0.05, 0) is 67.4 Å². The van der Waals surface area contributed by atoms with Gasteiger partial charge in [0.2, 0.25) is 0 Å². The third kappa shape index (κ3) is 2.28. The molecule has 0 aliphatic carbocycles. The number of fused-ring (bicyclic) bond motifs is 8. The molecule has 5 aromatic heterocycles. The van der Waals surface area contributed by atoms with E-state index in [0.717, 1.165) is 28.2 Å². The Bertz CT molecular complexity index is 2910. The number of aryl methyl sites for hydroxylation is 2. The maximum absolute atomic E-state index is 6.94. The number of benzene rings is 4. The van der Waals surface area contributed by atoms with E-state index in [9.17, 15) is 0 Å². The Kier molecular flexibility index (Phi) is 3.78. The van der Waals surface area contributed by atoms with E-state index >= 15 is 0 Å². The van der Waals surface area contributed by atoms with Crippen LogP contribution in [0.2, 0.25) is 0 Å². The number of hydrogen-bond donors (Lipinski definition) is 0. The van der Waals surface area contributed by atoms with Gasteiger partial charge in [0.15, 0.2) is 11.2 Å². The molecule has 0 N–H and O–H groups in total. The Hall–Kier alpha value is -6.01. The summed E-state index contributed by atoms with van der Waals surface area (Å²) < 4.78 is 16.9. The van der Waals surface area contributed by atoms with Gasteiger partial charge in [0.05, 0.1) is 11.6 Å². The van der Waals surface area contributed by atoms with Crippen molar-refractivity contribution in [2.75, 3.05) is 0 Å². The Morgan fingerprint density at radius 2 is 1.50 bits per heavy atom. The van der Waals surface area contributed by atoms with E-state index in [1.54, 1.807) is 0 Å². The van der Waals surface area contributed by atoms with Gasteiger partial charge in [-0.15, -0.1) is 0 Å². The van der Waals surface area contributed by atoms with Crippen LogP contribution in [0.4, 0.5) is 0 Å². The molecular formula is C40H25N5O+2. The van der Waals surface area contributed by atoms with E-state index in [0.29, 0.717) is 0 Å². The van der Waals surface area contributed by atoms with Crippen molar-refractivity contribution in [1.29, 1.82) is 0 Å². The van der Waals surface area contributed by atoms with Crippen molar-refractivity contribution in [3.8, 4) is 28.6 Å². The van der Waals surface area contributed by atoms with Crippen LogP contribution in [0.1, 0.15) is 22.3 Å². The average molecular weight is 592 g/mol. The summed E-state index contributed by atoms with van der Waals surface area (Å²) in [6.45, 7) is 4.45. The summed E-state index contributed by atoms with van der Waals surface area (Å²) in [6, 6.07) is 32.9. The summed E-state index contributed by atoms with van der Waals surface area (Å²) in [4.78, 5) is 4.64. The molecule has 0 amide bonds. The maximum Gasteiger partial charge on any atom is 0.318 e. The minimum atomic E-state index is -0.712. The van der Waals surface area contributed by atoms with Crippen LogP contribution in [0.5, 0.6) is 11.5 Å². The average Bonchev–Trinajstić information content (AvgIpc) is 3.73. The lowest BCUT2D eigenvalue weighted by Gasteiger charge is -2.36. The molecule has 3 aliphatic rings. The first-order valence-electron chi connectivity index (χ1n) is 15.8. The van der Waals surface area contributed by atoms with E-state index < -0.39 is 5.66 Å². The second kappa shape index (κ2) is 7.44. The van der Waals surface area contributed by atoms with E-state index in [4.69, 9.17) is 4.74 Å². The van der Waals surface area contributed by atoms with E-state index in [1.807, 2.05) is 12.4 Å². The Balaban J connectivity index is 1.41. The monoisotopic (exact) mass is 591 g/mol. The summed E-state index contributed by atoms with van der Waals surface area (Å²) in [5.41, 5.74) is 11.3. The molecule has 9 aromatic rings. The predicted octanol–water partition coefficient (Wildman–Crippen LogP) is 7.63. The predicted molar refractivity (Wildman–Crippen MR) is 178 cm³/mol. The quantitative estimate of drug-likeness (QED) is 0.146. The first kappa shape index (κ1) is 23.4. The number of hydrogen-bond acceptors (Lipinski definition) is 2. The highest BCUT2D eigenvalue weighted by atomic mass is 16.5. The van der Waals surface area contributed by atoms with Gasteiger partial charge in [-0.2, -0.15) is 18.1 Å². The van der Waals surface area contributed by atoms with Gasteiger partial charge in [0.1, 0.15) is 39.9 Å². The summed E-state index contributed by atoms with van der Waals surface area (Å²) >= 11 is 0. The van der Waals surface area contributed by atoms with Crippen molar-refractivity contribution in [2.24, 2.45) is 0 Å². The normalized spacial score (nSPS) is 16.7. The molecule has 1 atom stereocenters. The highest BCUT2D eigenvalue weighted by Crippen LogP contribution is 2.57. The summed E-state index contributed by atoms with van der Waals surface area (Å²) in [7, 11) is 0. The Labute approximate surface area is 262 Å². The van der Waals surface area contributed by atoms with Crippen LogP contribution in [-0.2, 0) is 5.66 Å². The first-order chi connectivity index (χ1) is 22.7. The molecule has 8 heterocycles. The molecule has 46 heavy (non-hydrogen) atoms. The smallest absolute Gasteiger partial charge is 0.318 e. The largest absolute Gasteiger partial charge is 0.456 e. The first-order valence-corrected chi connectivity index (χ1v) is 15.8. The van der Waals surface area contributed by atoms with Crippen molar-refractivity contribution in [2.45, 2.75) is 19.5 Å². The zero-order valence-corrected chi connectivity index (χ0v) is 25.1. The van der Waals surface area contributed by atoms with Gasteiger partial charge in [0.25, 0.3) is 11.5 Å². The molecule has 1 unspecified atom stereocenters. The fourth-order valence-corrected chi connectivity index (χ4v) is 9.27. The number of aromatic nitrogens is 5. The molecule has 6 heteroatoms. The van der Waals surface area contributed by atoms with Crippen molar-refractivity contribution >= 4 is 49.1 Å². The van der Waals surface area contributed by atoms with E-state index in [-0.39, 0.29) is 0 Å². The molecule has 0 radical (unpaired) electrons. The number of rotatable bonds is 1. The van der Waals surface area contributed by atoms with Crippen molar-refractivity contribution in [3.63, 3.8) is 0 Å². The lowest BCUT2D eigenvalue weighted by Crippen LogP contribution is -2.75. The van der Waals surface area contributed by atoms with Gasteiger partial charge in [-0.3, -0.25) is 4.98 Å². The van der Waals surface area contributed by atoms with Gasteiger partial charge in [-0.1, -0.05) is 36.4 Å². The van der Waals surface area contributed by atoms with Crippen molar-refractivity contribution in [1.82, 2.24) is 14.0 Å². The molecule has 0 fully saturated rings. The van der Waals surface area contributed by atoms with Crippen LogP contribution in [0, 0.1) is 13.8 Å². The summed E-state index contributed by atoms with van der Waals surface area (Å²) in [5, 5.41) is 6.01. The summed E-state index contributed by atoms with van der Waals surface area (Å²) in [6.07, 6.45) is 8.60. The molecular weight excluding hydrogens is 566 g/mol. The molecule has 0 saturated heterocycles. The zero-order valence-electron chi connectivity index (χ0n) is 25.1. The molecule has 0 saturated carbocycles. The molecule has 12 rings (SSSR count). The fourth-order valence-electron chi connectivity index (χ4n) is 9.27. The topological polar surface area (TPSA) is 39.2 Å². The Morgan fingerprint density at radius 1 is 0.696 bits per heavy atom. The fraction of sp³-hybridized carbons (Fsp3) is 0.0750. The highest BCUT2D eigenvalue weighted by Gasteiger charge is 2.65. The number of nitrogens with zero attached hydrogens (tertiary/aromatic N) is 5. The van der Waals surface area contributed by atoms with Crippen LogP contribution < -0.4 is 13.9 Å². The minimum absolute atomic E-state index is 0.712. The molecule has 4 aromatic carbocycles. The van der Waals surface area contributed by atoms with Gasteiger partial charge >= 0.3 is 5.66 Å². The van der Waals surface area contributed by atoms with Gasteiger partial charge in [0, 0.05) is 51.6 Å². The number of imidazole rings is 1. The number of para-hydroxylation sites is 1. The third-order valence-corrected chi connectivity index (χ3v) is 10.9. The van der Waals surface area contributed by atoms with Crippen molar-refractivity contribution < 1.29 is 13.9 Å². The highest BCUT2D eigenvalue weighted by molar-refractivity contribution is 6.16. The van der Waals surface area contributed by atoms with Crippen LogP contribution in [0.3, 0.4) is 0 Å². The van der Waals surface area contributed by atoms with Crippen LogP contribution in [0.25, 0.3) is 66.2 Å². The standard InChI is InChI=1S/C40H25N5O/c1-22-8-7-9-23(2)34(22)30-21-43-39-35-25(27-20-41-18-17-29(27)44(30)39)13-15-31-36(35)40(43)37-32(46-31)16-14-26-24-10-3-4-11-28(24)45(38(26)37)33-12-5-6-19-42(33)40/h3-21H,1-2H3/q+2. The second-order valence-electron chi connectivity index (χ2n) is 13.0. The third-order valence-electron chi connectivity index (χ3n) is 10.9. The minimum Gasteiger partial charge on any atom is -0.456 e. The Morgan fingerprint density at radius 3 is 2.39 bits per heavy atom. The maximum atomic E-state index is 6.94. The molecule has 3 aliphatic heterocycles. The molecule has 0 bridgehead atoms.